The molecular formula is C20H17NS. The molecule has 0 spiro atoms. The van der Waals surface area contributed by atoms with Gasteiger partial charge in [0.1, 0.15) is 0 Å². The predicted molar refractivity (Wildman–Crippen MR) is 94.3 cm³/mol. The molecule has 0 radical (unpaired) electrons. The minimum atomic E-state index is 0.959. The fourth-order valence-electron chi connectivity index (χ4n) is 2.90. The fourth-order valence-corrected chi connectivity index (χ4v) is 3.95. The molecule has 1 N–H and O–H groups in total. The van der Waals surface area contributed by atoms with Crippen LogP contribution in [0.2, 0.25) is 0 Å². The van der Waals surface area contributed by atoms with Crippen LogP contribution in [0.4, 0.5) is 11.4 Å². The number of hydrogen-bond acceptors (Lipinski definition) is 2. The summed E-state index contributed by atoms with van der Waals surface area (Å²) in [6.45, 7) is 2.15. The second-order valence-electron chi connectivity index (χ2n) is 5.68. The second kappa shape index (κ2) is 5.54. The van der Waals surface area contributed by atoms with Gasteiger partial charge in [0, 0.05) is 9.79 Å². The Morgan fingerprint density at radius 1 is 0.864 bits per heavy atom. The number of aryl methyl sites for hydroxylation is 1. The van der Waals surface area contributed by atoms with Gasteiger partial charge in [-0.2, -0.15) is 0 Å². The molecule has 0 bridgehead atoms. The Bertz CT molecular complexity index is 839. The number of fused-ring (bicyclic) bond motifs is 2. The third-order valence-corrected chi connectivity index (χ3v) is 5.09. The van der Waals surface area contributed by atoms with E-state index < -0.39 is 0 Å². The maximum Gasteiger partial charge on any atom is 0.0562 e. The zero-order valence-electron chi connectivity index (χ0n) is 12.5. The van der Waals surface area contributed by atoms with E-state index in [1.807, 2.05) is 11.8 Å². The molecule has 2 heteroatoms. The third kappa shape index (κ3) is 2.51. The summed E-state index contributed by atoms with van der Waals surface area (Å²) in [4.78, 5) is 2.60. The lowest BCUT2D eigenvalue weighted by Crippen LogP contribution is -2.03. The van der Waals surface area contributed by atoms with Gasteiger partial charge >= 0.3 is 0 Å². The van der Waals surface area contributed by atoms with Crippen molar-refractivity contribution in [1.29, 1.82) is 0 Å². The van der Waals surface area contributed by atoms with E-state index in [1.165, 1.54) is 37.9 Å². The molecule has 0 aliphatic carbocycles. The van der Waals surface area contributed by atoms with E-state index in [0.717, 1.165) is 6.42 Å². The van der Waals surface area contributed by atoms with Crippen LogP contribution in [0.25, 0.3) is 0 Å². The zero-order valence-corrected chi connectivity index (χ0v) is 13.3. The van der Waals surface area contributed by atoms with Crippen molar-refractivity contribution in [2.75, 3.05) is 5.32 Å². The van der Waals surface area contributed by atoms with Gasteiger partial charge in [0.15, 0.2) is 0 Å². The van der Waals surface area contributed by atoms with E-state index in [2.05, 4.69) is 79.0 Å². The molecule has 0 unspecified atom stereocenters. The standard InChI is InChI=1S/C20H17NS/c1-14-6-4-7-15(12-14)13-16-8-5-11-19-20(16)21-17-9-2-3-10-18(17)22-19/h2-12,21H,13H2,1H3. The first-order valence-electron chi connectivity index (χ1n) is 7.51. The monoisotopic (exact) mass is 303 g/mol. The Hall–Kier alpha value is -2.19. The average molecular weight is 303 g/mol. The molecule has 0 amide bonds. The second-order valence-corrected chi connectivity index (χ2v) is 6.76. The van der Waals surface area contributed by atoms with Crippen LogP contribution >= 0.6 is 11.8 Å². The van der Waals surface area contributed by atoms with Gasteiger partial charge < -0.3 is 5.32 Å². The van der Waals surface area contributed by atoms with E-state index in [0.29, 0.717) is 0 Å². The number of anilines is 2. The Balaban J connectivity index is 1.72. The molecule has 3 aromatic rings. The Labute approximate surface area is 135 Å². The van der Waals surface area contributed by atoms with E-state index in [4.69, 9.17) is 0 Å². The molecular weight excluding hydrogens is 286 g/mol. The highest BCUT2D eigenvalue weighted by Crippen LogP contribution is 2.45. The van der Waals surface area contributed by atoms with Gasteiger partial charge in [-0.1, -0.05) is 65.9 Å². The van der Waals surface area contributed by atoms with Crippen LogP contribution in [-0.4, -0.2) is 0 Å². The summed E-state index contributed by atoms with van der Waals surface area (Å²) in [6.07, 6.45) is 0.959. The fraction of sp³-hybridized carbons (Fsp3) is 0.100. The van der Waals surface area contributed by atoms with Crippen molar-refractivity contribution in [1.82, 2.24) is 0 Å². The summed E-state index contributed by atoms with van der Waals surface area (Å²) >= 11 is 1.85. The molecule has 3 aromatic carbocycles. The lowest BCUT2D eigenvalue weighted by molar-refractivity contribution is 1.15. The number of nitrogens with one attached hydrogen (secondary N) is 1. The third-order valence-electron chi connectivity index (χ3n) is 3.96. The van der Waals surface area contributed by atoms with Crippen molar-refractivity contribution in [3.8, 4) is 0 Å². The molecule has 0 aromatic heterocycles. The van der Waals surface area contributed by atoms with Crippen LogP contribution in [-0.2, 0) is 6.42 Å². The van der Waals surface area contributed by atoms with Gasteiger partial charge in [-0.25, -0.2) is 0 Å². The van der Waals surface area contributed by atoms with E-state index in [1.54, 1.807) is 0 Å². The summed E-state index contributed by atoms with van der Waals surface area (Å²) in [5.41, 5.74) is 6.49. The van der Waals surface area contributed by atoms with Crippen LogP contribution in [0.5, 0.6) is 0 Å². The number of para-hydroxylation sites is 2. The first-order chi connectivity index (χ1) is 10.8. The van der Waals surface area contributed by atoms with E-state index in [9.17, 15) is 0 Å². The van der Waals surface area contributed by atoms with Crippen molar-refractivity contribution >= 4 is 23.1 Å². The van der Waals surface area contributed by atoms with Crippen LogP contribution in [0.15, 0.2) is 76.5 Å². The Morgan fingerprint density at radius 3 is 2.59 bits per heavy atom. The van der Waals surface area contributed by atoms with E-state index in [-0.39, 0.29) is 0 Å². The van der Waals surface area contributed by atoms with Crippen LogP contribution < -0.4 is 5.32 Å². The topological polar surface area (TPSA) is 12.0 Å². The molecule has 0 fully saturated rings. The van der Waals surface area contributed by atoms with Crippen molar-refractivity contribution in [3.05, 3.63) is 83.4 Å². The van der Waals surface area contributed by atoms with Crippen LogP contribution in [0, 0.1) is 6.92 Å². The van der Waals surface area contributed by atoms with Crippen LogP contribution in [0.3, 0.4) is 0 Å². The minimum Gasteiger partial charge on any atom is -0.353 e. The van der Waals surface area contributed by atoms with Gasteiger partial charge in [-0.05, 0) is 42.7 Å². The predicted octanol–water partition coefficient (Wildman–Crippen LogP) is 5.79. The van der Waals surface area contributed by atoms with E-state index >= 15 is 0 Å². The highest BCUT2D eigenvalue weighted by atomic mass is 32.2. The van der Waals surface area contributed by atoms with Crippen molar-refractivity contribution in [2.24, 2.45) is 0 Å². The first kappa shape index (κ1) is 13.5. The molecule has 1 aliphatic heterocycles. The lowest BCUT2D eigenvalue weighted by Gasteiger charge is -2.23. The smallest absolute Gasteiger partial charge is 0.0562 e. The van der Waals surface area contributed by atoms with Crippen LogP contribution in [0.1, 0.15) is 16.7 Å². The van der Waals surface area contributed by atoms with Gasteiger partial charge in [0.25, 0.3) is 0 Å². The molecule has 4 rings (SSSR count). The highest BCUT2D eigenvalue weighted by molar-refractivity contribution is 7.99. The summed E-state index contributed by atoms with van der Waals surface area (Å²) in [5.74, 6) is 0. The zero-order chi connectivity index (χ0) is 14.9. The lowest BCUT2D eigenvalue weighted by atomic mass is 10.0. The maximum atomic E-state index is 3.62. The normalized spacial score (nSPS) is 12.2. The highest BCUT2D eigenvalue weighted by Gasteiger charge is 2.17. The summed E-state index contributed by atoms with van der Waals surface area (Å²) in [6, 6.07) is 23.8. The number of hydrogen-bond donors (Lipinski definition) is 1. The molecule has 1 aliphatic rings. The molecule has 0 saturated carbocycles. The molecule has 0 atom stereocenters. The SMILES string of the molecule is Cc1cccc(Cc2cccc3c2Nc2ccccc2S3)c1. The van der Waals surface area contributed by atoms with Gasteiger partial charge in [-0.15, -0.1) is 0 Å². The number of benzene rings is 3. The summed E-state index contributed by atoms with van der Waals surface area (Å²) < 4.78 is 0. The van der Waals surface area contributed by atoms with Crippen molar-refractivity contribution in [3.63, 3.8) is 0 Å². The maximum absolute atomic E-state index is 3.62. The molecule has 1 heterocycles. The van der Waals surface area contributed by atoms with Gasteiger partial charge in [0.2, 0.25) is 0 Å². The van der Waals surface area contributed by atoms with Crippen molar-refractivity contribution < 1.29 is 0 Å². The molecule has 1 nitrogen and oxygen atoms in total. The molecule has 22 heavy (non-hydrogen) atoms. The van der Waals surface area contributed by atoms with Crippen molar-refractivity contribution in [2.45, 2.75) is 23.1 Å². The average Bonchev–Trinajstić information content (AvgIpc) is 2.53. The Kier molecular flexibility index (Phi) is 3.39. The number of rotatable bonds is 2. The Morgan fingerprint density at radius 2 is 1.68 bits per heavy atom. The molecule has 0 saturated heterocycles. The largest absolute Gasteiger partial charge is 0.353 e. The molecule has 108 valence electrons. The first-order valence-corrected chi connectivity index (χ1v) is 8.32. The minimum absolute atomic E-state index is 0.959. The van der Waals surface area contributed by atoms with Gasteiger partial charge in [0.05, 0.1) is 11.4 Å². The quantitative estimate of drug-likeness (QED) is 0.502. The van der Waals surface area contributed by atoms with Gasteiger partial charge in [-0.3, -0.25) is 0 Å². The summed E-state index contributed by atoms with van der Waals surface area (Å²) in [7, 11) is 0. The summed E-state index contributed by atoms with van der Waals surface area (Å²) in [5, 5.41) is 3.62.